The van der Waals surface area contributed by atoms with E-state index in [9.17, 15) is 9.59 Å². The minimum absolute atomic E-state index is 0.00280. The molecular formula is C20H19NO4. The van der Waals surface area contributed by atoms with Crippen molar-refractivity contribution in [2.24, 2.45) is 0 Å². The van der Waals surface area contributed by atoms with E-state index in [2.05, 4.69) is 5.32 Å². The van der Waals surface area contributed by atoms with Gasteiger partial charge in [0, 0.05) is 23.2 Å². The van der Waals surface area contributed by atoms with Gasteiger partial charge >= 0.3 is 5.63 Å². The number of benzene rings is 2. The van der Waals surface area contributed by atoms with E-state index in [1.165, 1.54) is 6.07 Å². The second-order valence-electron chi connectivity index (χ2n) is 6.13. The zero-order valence-corrected chi connectivity index (χ0v) is 14.3. The molecule has 0 saturated carbocycles. The molecule has 5 heteroatoms. The summed E-state index contributed by atoms with van der Waals surface area (Å²) in [6.45, 7) is 5.76. The van der Waals surface area contributed by atoms with Crippen molar-refractivity contribution >= 4 is 22.6 Å². The minimum Gasteiger partial charge on any atom is -0.491 e. The van der Waals surface area contributed by atoms with Gasteiger partial charge in [-0.1, -0.05) is 12.1 Å². The molecule has 0 fully saturated rings. The smallest absolute Gasteiger partial charge is 0.337 e. The van der Waals surface area contributed by atoms with Gasteiger partial charge in [0.25, 0.3) is 5.91 Å². The third-order valence-corrected chi connectivity index (χ3v) is 3.61. The van der Waals surface area contributed by atoms with Crippen molar-refractivity contribution < 1.29 is 13.9 Å². The minimum atomic E-state index is -0.580. The highest BCUT2D eigenvalue weighted by atomic mass is 16.5. The Bertz CT molecular complexity index is 988. The van der Waals surface area contributed by atoms with Gasteiger partial charge in [-0.15, -0.1) is 0 Å². The molecule has 128 valence electrons. The van der Waals surface area contributed by atoms with E-state index >= 15 is 0 Å². The number of anilines is 1. The van der Waals surface area contributed by atoms with Crippen molar-refractivity contribution in [3.05, 3.63) is 70.1 Å². The molecule has 0 radical (unpaired) electrons. The molecule has 2 aromatic carbocycles. The lowest BCUT2D eigenvalue weighted by molar-refractivity contribution is 0.102. The fraction of sp³-hybridized carbons (Fsp3) is 0.200. The molecule has 1 heterocycles. The number of ether oxygens (including phenoxy) is 1. The van der Waals surface area contributed by atoms with Crippen LogP contribution >= 0.6 is 0 Å². The Morgan fingerprint density at radius 1 is 1.12 bits per heavy atom. The Hall–Kier alpha value is -3.08. The molecule has 1 amide bonds. The van der Waals surface area contributed by atoms with E-state index < -0.39 is 5.63 Å². The molecule has 0 saturated heterocycles. The third kappa shape index (κ3) is 3.88. The van der Waals surface area contributed by atoms with E-state index in [-0.39, 0.29) is 17.6 Å². The zero-order chi connectivity index (χ0) is 18.0. The number of carbonyl (C=O) groups is 1. The second-order valence-corrected chi connectivity index (χ2v) is 6.13. The van der Waals surface area contributed by atoms with Gasteiger partial charge in [0.2, 0.25) is 0 Å². The molecule has 0 aliphatic carbocycles. The van der Waals surface area contributed by atoms with Gasteiger partial charge < -0.3 is 14.5 Å². The lowest BCUT2D eigenvalue weighted by atomic mass is 10.1. The number of fused-ring (bicyclic) bond motifs is 1. The van der Waals surface area contributed by atoms with Crippen LogP contribution in [-0.4, -0.2) is 12.0 Å². The normalized spacial score (nSPS) is 10.9. The van der Waals surface area contributed by atoms with Crippen LogP contribution in [0, 0.1) is 6.92 Å². The summed E-state index contributed by atoms with van der Waals surface area (Å²) in [5, 5.41) is 3.37. The standard InChI is InChI=1S/C20H19NO4/c1-12(2)24-15-7-8-16-17(11-19(22)25-18(16)10-15)20(23)21-14-6-4-5-13(3)9-14/h4-12H,1-3H3,(H,21,23). The second kappa shape index (κ2) is 6.81. The van der Waals surface area contributed by atoms with Crippen LogP contribution in [0.2, 0.25) is 0 Å². The first-order valence-electron chi connectivity index (χ1n) is 8.05. The number of carbonyl (C=O) groups excluding carboxylic acids is 1. The Morgan fingerprint density at radius 3 is 2.64 bits per heavy atom. The summed E-state index contributed by atoms with van der Waals surface area (Å²) in [7, 11) is 0. The Morgan fingerprint density at radius 2 is 1.92 bits per heavy atom. The van der Waals surface area contributed by atoms with Crippen LogP contribution in [0.4, 0.5) is 5.69 Å². The number of aryl methyl sites for hydroxylation is 1. The van der Waals surface area contributed by atoms with Crippen LogP contribution in [0.15, 0.2) is 57.7 Å². The predicted molar refractivity (Wildman–Crippen MR) is 97.4 cm³/mol. The highest BCUT2D eigenvalue weighted by molar-refractivity contribution is 6.12. The monoisotopic (exact) mass is 337 g/mol. The summed E-state index contributed by atoms with van der Waals surface area (Å²) in [5.74, 6) is 0.225. The maximum atomic E-state index is 12.6. The summed E-state index contributed by atoms with van der Waals surface area (Å²) in [4.78, 5) is 24.5. The van der Waals surface area contributed by atoms with E-state index in [0.717, 1.165) is 5.56 Å². The molecule has 1 N–H and O–H groups in total. The quantitative estimate of drug-likeness (QED) is 0.727. The Labute approximate surface area is 145 Å². The first-order valence-corrected chi connectivity index (χ1v) is 8.05. The molecule has 0 aliphatic heterocycles. The zero-order valence-electron chi connectivity index (χ0n) is 14.3. The molecule has 0 atom stereocenters. The van der Waals surface area contributed by atoms with Gasteiger partial charge in [0.1, 0.15) is 11.3 Å². The summed E-state index contributed by atoms with van der Waals surface area (Å²) >= 11 is 0. The van der Waals surface area contributed by atoms with Gasteiger partial charge in [-0.05, 0) is 50.6 Å². The number of amides is 1. The molecule has 5 nitrogen and oxygen atoms in total. The molecule has 3 aromatic rings. The molecule has 25 heavy (non-hydrogen) atoms. The summed E-state index contributed by atoms with van der Waals surface area (Å²) in [5.41, 5.74) is 1.71. The summed E-state index contributed by atoms with van der Waals surface area (Å²) in [6.07, 6.45) is -0.00280. The number of hydrogen-bond acceptors (Lipinski definition) is 4. The van der Waals surface area contributed by atoms with E-state index in [1.807, 2.05) is 39.0 Å². The predicted octanol–water partition coefficient (Wildman–Crippen LogP) is 4.14. The lowest BCUT2D eigenvalue weighted by Crippen LogP contribution is -2.15. The van der Waals surface area contributed by atoms with Gasteiger partial charge in [-0.3, -0.25) is 4.79 Å². The first-order chi connectivity index (χ1) is 11.9. The fourth-order valence-electron chi connectivity index (χ4n) is 2.60. The lowest BCUT2D eigenvalue weighted by Gasteiger charge is -2.11. The third-order valence-electron chi connectivity index (χ3n) is 3.61. The number of hydrogen-bond donors (Lipinski definition) is 1. The van der Waals surface area contributed by atoms with Crippen molar-refractivity contribution in [2.75, 3.05) is 5.32 Å². The van der Waals surface area contributed by atoms with Crippen molar-refractivity contribution in [1.82, 2.24) is 0 Å². The van der Waals surface area contributed by atoms with Crippen molar-refractivity contribution in [2.45, 2.75) is 26.9 Å². The SMILES string of the molecule is Cc1cccc(NC(=O)c2cc(=O)oc3cc(OC(C)C)ccc23)c1. The fourth-order valence-corrected chi connectivity index (χ4v) is 2.60. The van der Waals surface area contributed by atoms with E-state index in [0.29, 0.717) is 22.4 Å². The average Bonchev–Trinajstić information content (AvgIpc) is 2.53. The molecule has 0 unspecified atom stereocenters. The van der Waals surface area contributed by atoms with Crippen LogP contribution in [0.25, 0.3) is 11.0 Å². The van der Waals surface area contributed by atoms with E-state index in [4.69, 9.17) is 9.15 Å². The highest BCUT2D eigenvalue weighted by Gasteiger charge is 2.14. The topological polar surface area (TPSA) is 68.5 Å². The molecule has 3 rings (SSSR count). The maximum absolute atomic E-state index is 12.6. The summed E-state index contributed by atoms with van der Waals surface area (Å²) < 4.78 is 10.8. The van der Waals surface area contributed by atoms with Gasteiger partial charge in [0.05, 0.1) is 11.7 Å². The van der Waals surface area contributed by atoms with Crippen molar-refractivity contribution in [3.63, 3.8) is 0 Å². The van der Waals surface area contributed by atoms with Crippen LogP contribution in [0.3, 0.4) is 0 Å². The van der Waals surface area contributed by atoms with Crippen LogP contribution in [-0.2, 0) is 0 Å². The Kier molecular flexibility index (Phi) is 4.57. The summed E-state index contributed by atoms with van der Waals surface area (Å²) in [6, 6.07) is 13.8. The van der Waals surface area contributed by atoms with Gasteiger partial charge in [-0.25, -0.2) is 4.79 Å². The van der Waals surface area contributed by atoms with Crippen molar-refractivity contribution in [3.8, 4) is 5.75 Å². The van der Waals surface area contributed by atoms with Gasteiger partial charge in [0.15, 0.2) is 0 Å². The van der Waals surface area contributed by atoms with Crippen molar-refractivity contribution in [1.29, 1.82) is 0 Å². The number of rotatable bonds is 4. The Balaban J connectivity index is 2.00. The van der Waals surface area contributed by atoms with Crippen LogP contribution < -0.4 is 15.7 Å². The molecule has 0 bridgehead atoms. The first kappa shape index (κ1) is 16.8. The average molecular weight is 337 g/mol. The molecular weight excluding hydrogens is 318 g/mol. The van der Waals surface area contributed by atoms with Gasteiger partial charge in [-0.2, -0.15) is 0 Å². The molecule has 0 aliphatic rings. The van der Waals surface area contributed by atoms with E-state index in [1.54, 1.807) is 24.3 Å². The number of nitrogens with one attached hydrogen (secondary N) is 1. The van der Waals surface area contributed by atoms with Crippen LogP contribution in [0.1, 0.15) is 29.8 Å². The van der Waals surface area contributed by atoms with Crippen LogP contribution in [0.5, 0.6) is 5.75 Å². The largest absolute Gasteiger partial charge is 0.491 e. The highest BCUT2D eigenvalue weighted by Crippen LogP contribution is 2.24. The molecule has 0 spiro atoms. The molecule has 1 aromatic heterocycles. The maximum Gasteiger partial charge on any atom is 0.337 e.